The fourth-order valence-electron chi connectivity index (χ4n) is 0.921. The van der Waals surface area contributed by atoms with Crippen molar-refractivity contribution in [2.45, 2.75) is 13.0 Å². The Labute approximate surface area is 81.9 Å². The molecule has 0 aliphatic carbocycles. The number of ether oxygens (including phenoxy) is 1. The Hall–Kier alpha value is -2.02. The molecule has 0 radical (unpaired) electrons. The molecular formula is C10H10N2O2. The third-order valence-electron chi connectivity index (χ3n) is 1.59. The third kappa shape index (κ3) is 2.49. The molecule has 1 aromatic carbocycles. The van der Waals surface area contributed by atoms with Gasteiger partial charge in [-0.15, -0.1) is 0 Å². The van der Waals surface area contributed by atoms with E-state index >= 15 is 0 Å². The number of nitrogens with two attached hydrogens (primary N) is 1. The van der Waals surface area contributed by atoms with Gasteiger partial charge in [0.25, 0.3) is 0 Å². The summed E-state index contributed by atoms with van der Waals surface area (Å²) in [6.07, 6.45) is -0.746. The average Bonchev–Trinajstić information content (AvgIpc) is 2.17. The Bertz CT molecular complexity index is 382. The number of nitriles is 1. The maximum absolute atomic E-state index is 11.3. The van der Waals surface area contributed by atoms with Gasteiger partial charge in [-0.1, -0.05) is 6.07 Å². The summed E-state index contributed by atoms with van der Waals surface area (Å²) in [6.45, 7) is 1.50. The quantitative estimate of drug-likeness (QED) is 0.564. The Morgan fingerprint density at radius 2 is 2.36 bits per heavy atom. The molecular weight excluding hydrogens is 180 g/mol. The van der Waals surface area contributed by atoms with Gasteiger partial charge in [0.2, 0.25) is 0 Å². The van der Waals surface area contributed by atoms with Crippen LogP contribution in [0.2, 0.25) is 0 Å². The normalized spacial score (nSPS) is 11.4. The molecule has 2 N–H and O–H groups in total. The van der Waals surface area contributed by atoms with Crippen molar-refractivity contribution in [2.75, 3.05) is 5.73 Å². The fraction of sp³-hybridized carbons (Fsp3) is 0.200. The highest BCUT2D eigenvalue weighted by Crippen LogP contribution is 2.08. The Morgan fingerprint density at radius 3 is 2.93 bits per heavy atom. The molecule has 0 aliphatic heterocycles. The molecule has 0 amide bonds. The van der Waals surface area contributed by atoms with Crippen LogP contribution in [0.1, 0.15) is 17.3 Å². The first kappa shape index (κ1) is 10.1. The van der Waals surface area contributed by atoms with E-state index in [9.17, 15) is 4.79 Å². The zero-order valence-electron chi connectivity index (χ0n) is 7.73. The molecule has 0 bridgehead atoms. The molecule has 4 nitrogen and oxygen atoms in total. The van der Waals surface area contributed by atoms with E-state index in [1.54, 1.807) is 24.3 Å². The molecule has 72 valence electrons. The average molecular weight is 190 g/mol. The van der Waals surface area contributed by atoms with E-state index < -0.39 is 12.1 Å². The number of carbonyl (C=O) groups excluding carboxylic acids is 1. The summed E-state index contributed by atoms with van der Waals surface area (Å²) >= 11 is 0. The minimum atomic E-state index is -0.746. The van der Waals surface area contributed by atoms with Gasteiger partial charge in [0, 0.05) is 5.69 Å². The van der Waals surface area contributed by atoms with Crippen LogP contribution in [0.25, 0.3) is 0 Å². The lowest BCUT2D eigenvalue weighted by molar-refractivity contribution is 0.0435. The predicted molar refractivity (Wildman–Crippen MR) is 51.3 cm³/mol. The van der Waals surface area contributed by atoms with Crippen molar-refractivity contribution in [3.05, 3.63) is 29.8 Å². The molecule has 0 fully saturated rings. The molecule has 0 heterocycles. The van der Waals surface area contributed by atoms with E-state index in [1.807, 2.05) is 0 Å². The van der Waals surface area contributed by atoms with Crippen molar-refractivity contribution in [3.8, 4) is 6.07 Å². The lowest BCUT2D eigenvalue weighted by Crippen LogP contribution is -2.13. The number of hydrogen-bond donors (Lipinski definition) is 1. The maximum atomic E-state index is 11.3. The number of hydrogen-bond acceptors (Lipinski definition) is 4. The highest BCUT2D eigenvalue weighted by atomic mass is 16.5. The Balaban J connectivity index is 2.76. The van der Waals surface area contributed by atoms with Gasteiger partial charge >= 0.3 is 5.97 Å². The highest BCUT2D eigenvalue weighted by molar-refractivity contribution is 5.90. The number of nitrogen functional groups attached to an aromatic ring is 1. The molecule has 4 heteroatoms. The van der Waals surface area contributed by atoms with Crippen molar-refractivity contribution in [1.29, 1.82) is 5.26 Å². The van der Waals surface area contributed by atoms with Crippen LogP contribution >= 0.6 is 0 Å². The summed E-state index contributed by atoms with van der Waals surface area (Å²) in [6, 6.07) is 8.23. The van der Waals surface area contributed by atoms with Crippen molar-refractivity contribution in [2.24, 2.45) is 0 Å². The van der Waals surface area contributed by atoms with Gasteiger partial charge < -0.3 is 10.5 Å². The standard InChI is InChI=1S/C10H10N2O2/c1-7(6-11)14-10(13)8-3-2-4-9(12)5-8/h2-5,7H,12H2,1H3. The Kier molecular flexibility index (Phi) is 3.08. The highest BCUT2D eigenvalue weighted by Gasteiger charge is 2.10. The molecule has 1 atom stereocenters. The molecule has 0 aliphatic rings. The van der Waals surface area contributed by atoms with Crippen LogP contribution in [0.3, 0.4) is 0 Å². The third-order valence-corrected chi connectivity index (χ3v) is 1.59. The minimum Gasteiger partial charge on any atom is -0.444 e. The van der Waals surface area contributed by atoms with E-state index in [0.717, 1.165) is 0 Å². The summed E-state index contributed by atoms with van der Waals surface area (Å²) in [7, 11) is 0. The van der Waals surface area contributed by atoms with Crippen LogP contribution in [0.4, 0.5) is 5.69 Å². The van der Waals surface area contributed by atoms with E-state index in [2.05, 4.69) is 0 Å². The molecule has 14 heavy (non-hydrogen) atoms. The van der Waals surface area contributed by atoms with E-state index in [0.29, 0.717) is 11.3 Å². The van der Waals surface area contributed by atoms with Gasteiger partial charge in [-0.2, -0.15) is 5.26 Å². The van der Waals surface area contributed by atoms with Crippen molar-refractivity contribution < 1.29 is 9.53 Å². The van der Waals surface area contributed by atoms with Crippen LogP contribution in [-0.4, -0.2) is 12.1 Å². The SMILES string of the molecule is CC(C#N)OC(=O)c1cccc(N)c1. The molecule has 0 aromatic heterocycles. The van der Waals surface area contributed by atoms with E-state index in [1.165, 1.54) is 13.0 Å². The van der Waals surface area contributed by atoms with E-state index in [4.69, 9.17) is 15.7 Å². The minimum absolute atomic E-state index is 0.354. The molecule has 1 unspecified atom stereocenters. The first-order chi connectivity index (χ1) is 6.63. The summed E-state index contributed by atoms with van der Waals surface area (Å²) in [5.41, 5.74) is 6.33. The number of esters is 1. The van der Waals surface area contributed by atoms with Crippen molar-refractivity contribution >= 4 is 11.7 Å². The first-order valence-electron chi connectivity index (χ1n) is 4.09. The van der Waals surface area contributed by atoms with Crippen LogP contribution in [0, 0.1) is 11.3 Å². The smallest absolute Gasteiger partial charge is 0.339 e. The number of carbonyl (C=O) groups is 1. The van der Waals surface area contributed by atoms with Gasteiger partial charge in [0.05, 0.1) is 5.56 Å². The van der Waals surface area contributed by atoms with Crippen molar-refractivity contribution in [3.63, 3.8) is 0 Å². The number of nitrogens with zero attached hydrogens (tertiary/aromatic N) is 1. The lowest BCUT2D eigenvalue weighted by atomic mass is 10.2. The second kappa shape index (κ2) is 4.28. The number of rotatable bonds is 2. The second-order valence-electron chi connectivity index (χ2n) is 2.80. The summed E-state index contributed by atoms with van der Waals surface area (Å²) in [5, 5.41) is 8.43. The first-order valence-corrected chi connectivity index (χ1v) is 4.09. The van der Waals surface area contributed by atoms with Gasteiger partial charge in [-0.25, -0.2) is 4.79 Å². The maximum Gasteiger partial charge on any atom is 0.339 e. The zero-order chi connectivity index (χ0) is 10.6. The number of anilines is 1. The summed E-state index contributed by atoms with van der Waals surface area (Å²) in [4.78, 5) is 11.3. The van der Waals surface area contributed by atoms with Gasteiger partial charge in [0.15, 0.2) is 6.10 Å². The molecule has 0 saturated heterocycles. The van der Waals surface area contributed by atoms with Crippen LogP contribution in [0.15, 0.2) is 24.3 Å². The lowest BCUT2D eigenvalue weighted by Gasteiger charge is -2.05. The van der Waals surface area contributed by atoms with Gasteiger partial charge in [-0.3, -0.25) is 0 Å². The fourth-order valence-corrected chi connectivity index (χ4v) is 0.921. The second-order valence-corrected chi connectivity index (χ2v) is 2.80. The topological polar surface area (TPSA) is 76.1 Å². The van der Waals surface area contributed by atoms with Crippen LogP contribution in [0.5, 0.6) is 0 Å². The van der Waals surface area contributed by atoms with Crippen LogP contribution in [-0.2, 0) is 4.74 Å². The van der Waals surface area contributed by atoms with E-state index in [-0.39, 0.29) is 0 Å². The van der Waals surface area contributed by atoms with Crippen molar-refractivity contribution in [1.82, 2.24) is 0 Å². The predicted octanol–water partition coefficient (Wildman–Crippen LogP) is 1.34. The molecule has 1 aromatic rings. The molecule has 0 saturated carbocycles. The largest absolute Gasteiger partial charge is 0.444 e. The zero-order valence-corrected chi connectivity index (χ0v) is 7.73. The summed E-state index contributed by atoms with van der Waals surface area (Å²) in [5.74, 6) is -0.536. The monoisotopic (exact) mass is 190 g/mol. The molecule has 0 spiro atoms. The number of benzene rings is 1. The Morgan fingerprint density at radius 1 is 1.64 bits per heavy atom. The van der Waals surface area contributed by atoms with Gasteiger partial charge in [-0.05, 0) is 25.1 Å². The van der Waals surface area contributed by atoms with Crippen LogP contribution < -0.4 is 5.73 Å². The van der Waals surface area contributed by atoms with Gasteiger partial charge in [0.1, 0.15) is 6.07 Å². The molecule has 1 rings (SSSR count). The summed E-state index contributed by atoms with van der Waals surface area (Å²) < 4.78 is 4.78.